The van der Waals surface area contributed by atoms with Crippen molar-refractivity contribution in [2.45, 2.75) is 19.9 Å². The topological polar surface area (TPSA) is 57.9 Å². The van der Waals surface area contributed by atoms with Gasteiger partial charge in [0.05, 0.1) is 12.2 Å². The molecule has 4 aromatic rings. The Labute approximate surface area is 205 Å². The van der Waals surface area contributed by atoms with Crippen molar-refractivity contribution in [1.29, 1.82) is 0 Å². The molecule has 0 fully saturated rings. The van der Waals surface area contributed by atoms with Crippen molar-refractivity contribution >= 4 is 10.9 Å². The molecule has 0 unspecified atom stereocenters. The molecule has 1 aromatic heterocycles. The fourth-order valence-electron chi connectivity index (χ4n) is 4.64. The second-order valence-electron chi connectivity index (χ2n) is 8.89. The molecule has 5 nitrogen and oxygen atoms in total. The van der Waals surface area contributed by atoms with E-state index in [1.165, 1.54) is 0 Å². The molecule has 0 radical (unpaired) electrons. The first kappa shape index (κ1) is 22.7. The molecule has 2 N–H and O–H groups in total. The van der Waals surface area contributed by atoms with Crippen LogP contribution in [0.4, 0.5) is 0 Å². The molecule has 0 aliphatic carbocycles. The summed E-state index contributed by atoms with van der Waals surface area (Å²) in [4.78, 5) is 2.25. The molecule has 0 bridgehead atoms. The van der Waals surface area contributed by atoms with Gasteiger partial charge < -0.3 is 24.4 Å². The van der Waals surface area contributed by atoms with E-state index < -0.39 is 0 Å². The number of aryl methyl sites for hydroxylation is 1. The predicted molar refractivity (Wildman–Crippen MR) is 141 cm³/mol. The van der Waals surface area contributed by atoms with Crippen molar-refractivity contribution < 1.29 is 14.9 Å². The highest BCUT2D eigenvalue weighted by atomic mass is 16.5. The standard InChI is InChI=1S/C30H30N2O3/c1-22-28-20-26(34)12-15-29(28)32(30(22)24-8-10-25(33)11-9-24)21-23-6-13-27(14-7-23)35-19-18-31-16-4-2-3-5-17-31/h2,4-15,17,20,33-34H,3,16,18-19,21H2,1H3. The maximum Gasteiger partial charge on any atom is 0.119 e. The lowest BCUT2D eigenvalue weighted by molar-refractivity contribution is 0.264. The summed E-state index contributed by atoms with van der Waals surface area (Å²) in [5.74, 6) is 1.36. The van der Waals surface area contributed by atoms with E-state index in [0.717, 1.165) is 58.5 Å². The number of allylic oxidation sites excluding steroid dienone is 2. The van der Waals surface area contributed by atoms with Gasteiger partial charge in [-0.3, -0.25) is 0 Å². The number of fused-ring (bicyclic) bond motifs is 1. The molecule has 0 saturated heterocycles. The lowest BCUT2D eigenvalue weighted by Crippen LogP contribution is -2.23. The monoisotopic (exact) mass is 466 g/mol. The fourth-order valence-corrected chi connectivity index (χ4v) is 4.64. The van der Waals surface area contributed by atoms with Gasteiger partial charge in [0.2, 0.25) is 0 Å². The summed E-state index contributed by atoms with van der Waals surface area (Å²) in [7, 11) is 0. The second-order valence-corrected chi connectivity index (χ2v) is 8.89. The summed E-state index contributed by atoms with van der Waals surface area (Å²) in [5, 5.41) is 20.9. The van der Waals surface area contributed by atoms with E-state index in [4.69, 9.17) is 4.74 Å². The fraction of sp³-hybridized carbons (Fsp3) is 0.200. The van der Waals surface area contributed by atoms with Crippen LogP contribution in [-0.4, -0.2) is 39.4 Å². The van der Waals surface area contributed by atoms with Crippen LogP contribution >= 0.6 is 0 Å². The Morgan fingerprint density at radius 1 is 0.857 bits per heavy atom. The first-order valence-electron chi connectivity index (χ1n) is 12.0. The van der Waals surface area contributed by atoms with Gasteiger partial charge in [0.15, 0.2) is 0 Å². The molecular weight excluding hydrogens is 436 g/mol. The number of nitrogens with zero attached hydrogens (tertiary/aromatic N) is 2. The largest absolute Gasteiger partial charge is 0.508 e. The Morgan fingerprint density at radius 3 is 2.43 bits per heavy atom. The average Bonchev–Trinajstić information content (AvgIpc) is 3.01. The van der Waals surface area contributed by atoms with Crippen molar-refractivity contribution in [3.63, 3.8) is 0 Å². The minimum Gasteiger partial charge on any atom is -0.508 e. The minimum absolute atomic E-state index is 0.241. The summed E-state index contributed by atoms with van der Waals surface area (Å²) < 4.78 is 8.26. The lowest BCUT2D eigenvalue weighted by Gasteiger charge is -2.18. The number of hydrogen-bond acceptors (Lipinski definition) is 4. The van der Waals surface area contributed by atoms with Crippen LogP contribution in [-0.2, 0) is 6.54 Å². The van der Waals surface area contributed by atoms with E-state index in [2.05, 4.69) is 53.0 Å². The zero-order valence-corrected chi connectivity index (χ0v) is 19.9. The van der Waals surface area contributed by atoms with Crippen LogP contribution in [0.3, 0.4) is 0 Å². The van der Waals surface area contributed by atoms with E-state index in [0.29, 0.717) is 13.2 Å². The Morgan fingerprint density at radius 2 is 1.63 bits per heavy atom. The molecule has 178 valence electrons. The average molecular weight is 467 g/mol. The number of aromatic nitrogens is 1. The molecular formula is C30H30N2O3. The molecule has 0 atom stereocenters. The summed E-state index contributed by atoms with van der Waals surface area (Å²) in [6.45, 7) is 5.15. The Hall–Kier alpha value is -4.12. The van der Waals surface area contributed by atoms with Gasteiger partial charge in [-0.25, -0.2) is 0 Å². The van der Waals surface area contributed by atoms with Crippen LogP contribution in [0.15, 0.2) is 91.2 Å². The molecule has 1 aliphatic heterocycles. The molecule has 3 aromatic carbocycles. The Bertz CT molecular complexity index is 1370. The number of rotatable bonds is 7. The van der Waals surface area contributed by atoms with E-state index in [1.807, 2.05) is 36.4 Å². The highest BCUT2D eigenvalue weighted by Crippen LogP contribution is 2.36. The van der Waals surface area contributed by atoms with Crippen LogP contribution in [0.25, 0.3) is 22.2 Å². The van der Waals surface area contributed by atoms with Gasteiger partial charge in [-0.1, -0.05) is 30.4 Å². The third-order valence-corrected chi connectivity index (χ3v) is 6.45. The number of ether oxygens (including phenoxy) is 1. The van der Waals surface area contributed by atoms with E-state index in [-0.39, 0.29) is 11.5 Å². The third kappa shape index (κ3) is 5.04. The van der Waals surface area contributed by atoms with Gasteiger partial charge in [-0.15, -0.1) is 0 Å². The Balaban J connectivity index is 1.36. The first-order chi connectivity index (χ1) is 17.1. The van der Waals surface area contributed by atoms with E-state index in [1.54, 1.807) is 18.2 Å². The van der Waals surface area contributed by atoms with Crippen LogP contribution in [0.5, 0.6) is 17.2 Å². The predicted octanol–water partition coefficient (Wildman–Crippen LogP) is 6.23. The molecule has 5 rings (SSSR count). The number of benzene rings is 3. The maximum absolute atomic E-state index is 10.1. The van der Waals surface area contributed by atoms with Crippen molar-refractivity contribution in [2.75, 3.05) is 19.7 Å². The van der Waals surface area contributed by atoms with E-state index >= 15 is 0 Å². The maximum atomic E-state index is 10.1. The van der Waals surface area contributed by atoms with Crippen LogP contribution in [0.1, 0.15) is 17.5 Å². The summed E-state index contributed by atoms with van der Waals surface area (Å²) in [6.07, 6.45) is 9.67. The second kappa shape index (κ2) is 10.0. The van der Waals surface area contributed by atoms with Gasteiger partial charge in [0.1, 0.15) is 23.9 Å². The lowest BCUT2D eigenvalue weighted by atomic mass is 10.1. The quantitative estimate of drug-likeness (QED) is 0.317. The Kier molecular flexibility index (Phi) is 6.49. The molecule has 0 spiro atoms. The molecule has 0 saturated carbocycles. The zero-order chi connectivity index (χ0) is 24.2. The normalized spacial score (nSPS) is 13.3. The molecule has 2 heterocycles. The summed E-state index contributed by atoms with van der Waals surface area (Å²) in [5.41, 5.74) is 5.41. The van der Waals surface area contributed by atoms with Gasteiger partial charge in [0.25, 0.3) is 0 Å². The van der Waals surface area contributed by atoms with Gasteiger partial charge in [0, 0.05) is 24.0 Å². The molecule has 35 heavy (non-hydrogen) atoms. The van der Waals surface area contributed by atoms with Crippen LogP contribution in [0.2, 0.25) is 0 Å². The van der Waals surface area contributed by atoms with Crippen LogP contribution < -0.4 is 4.74 Å². The smallest absolute Gasteiger partial charge is 0.119 e. The molecule has 5 heteroatoms. The highest BCUT2D eigenvalue weighted by molar-refractivity contribution is 5.92. The zero-order valence-electron chi connectivity index (χ0n) is 19.9. The summed E-state index contributed by atoms with van der Waals surface area (Å²) >= 11 is 0. The minimum atomic E-state index is 0.241. The number of hydrogen-bond donors (Lipinski definition) is 2. The molecule has 0 amide bonds. The highest BCUT2D eigenvalue weighted by Gasteiger charge is 2.17. The van der Waals surface area contributed by atoms with Gasteiger partial charge in [-0.05, 0) is 90.8 Å². The molecule has 1 aliphatic rings. The van der Waals surface area contributed by atoms with Gasteiger partial charge in [-0.2, -0.15) is 0 Å². The third-order valence-electron chi connectivity index (χ3n) is 6.45. The van der Waals surface area contributed by atoms with Crippen molar-refractivity contribution in [3.8, 4) is 28.5 Å². The van der Waals surface area contributed by atoms with Crippen molar-refractivity contribution in [3.05, 3.63) is 102 Å². The van der Waals surface area contributed by atoms with Gasteiger partial charge >= 0.3 is 0 Å². The van der Waals surface area contributed by atoms with Crippen LogP contribution in [0, 0.1) is 6.92 Å². The number of aromatic hydroxyl groups is 2. The van der Waals surface area contributed by atoms with Crippen molar-refractivity contribution in [2.24, 2.45) is 0 Å². The van der Waals surface area contributed by atoms with Crippen molar-refractivity contribution in [1.82, 2.24) is 9.47 Å². The number of phenolic OH excluding ortho intramolecular Hbond substituents is 2. The SMILES string of the molecule is Cc1c(-c2ccc(O)cc2)n(Cc2ccc(OCCN3C=CCC=CC3)cc2)c2ccc(O)cc12. The van der Waals surface area contributed by atoms with E-state index in [9.17, 15) is 10.2 Å². The number of phenols is 2. The first-order valence-corrected chi connectivity index (χ1v) is 12.0. The summed E-state index contributed by atoms with van der Waals surface area (Å²) in [6, 6.07) is 21.0.